The second-order valence-corrected chi connectivity index (χ2v) is 33.5. The molecule has 0 aliphatic carbocycles. The number of benzene rings is 20. The van der Waals surface area contributed by atoms with Crippen LogP contribution in [-0.4, -0.2) is 44.9 Å². The highest BCUT2D eigenvalue weighted by molar-refractivity contribution is 7.26. The van der Waals surface area contributed by atoms with Crippen molar-refractivity contribution in [2.75, 3.05) is 0 Å². The molecule has 20 aromatic carbocycles. The Morgan fingerprint density at radius 1 is 0.162 bits per heavy atom. The Bertz CT molecular complexity index is 9070. The molecule has 0 atom stereocenters. The van der Waals surface area contributed by atoms with E-state index < -0.39 is 0 Å². The Morgan fingerprint density at radius 2 is 0.523 bits per heavy atom. The van der Waals surface area contributed by atoms with Crippen molar-refractivity contribution in [3.05, 3.63) is 419 Å². The molecule has 0 saturated heterocycles. The summed E-state index contributed by atoms with van der Waals surface area (Å²) in [6, 6.07) is 144. The standard InChI is InChI=1S/C41H25N3O.C39H23N3O.C37H21N3OS/c1-3-13-26(14-4-1)39-42-40(27-15-5-2-6-16-27)44-41(43-39)34-23-12-20-30-31(34)21-11-22-33(30)37-29-18-8-7-17-28(29)25-35-32-19-9-10-24-36(32)45-38(35)37;1-3-11-26-21-29(19-17-24(26)9-1)37-40-38(30-20-18-25-10-2-4-12-27(25)22-30)42-39(41-37)36-31-14-6-5-13-28(31)23-34-35(36)32-15-7-8-16-33(32)43-34;1-2-11-22(12-3-1)35-38-36(27-17-10-19-29-32(27)25-15-6-8-18-28(25)41-29)40-37(39-35)34-24-14-5-4-13-23(24)21-31-33(34)26-16-7-9-20-30(26)42-31/h1-25H;1-23H;1-21H. The third-order valence-corrected chi connectivity index (χ3v) is 25.8. The Hall–Kier alpha value is -17.4. The number of hydrogen-bond donors (Lipinski definition) is 0. The number of rotatable bonds is 10. The molecule has 7 heterocycles. The van der Waals surface area contributed by atoms with Crippen molar-refractivity contribution in [2.24, 2.45) is 0 Å². The van der Waals surface area contributed by atoms with E-state index in [0.29, 0.717) is 52.4 Å². The van der Waals surface area contributed by atoms with Gasteiger partial charge in [0.1, 0.15) is 33.5 Å². The van der Waals surface area contributed by atoms with Crippen LogP contribution >= 0.6 is 11.3 Å². The fourth-order valence-corrected chi connectivity index (χ4v) is 19.9. The summed E-state index contributed by atoms with van der Waals surface area (Å²) in [6.07, 6.45) is 0. The quantitative estimate of drug-likeness (QED) is 0.128. The SMILES string of the molecule is c1ccc(-c2nc(-c3cccc4oc5ccccc5c34)nc(-c3c4ccccc4cc4sc5ccccc5c34)n2)cc1.c1ccc(-c2nc(-c3ccccc3)nc(-c3cccc4c(-c5c6ccccc6cc6c5oc5ccccc56)cccc34)n2)cc1.c1ccc2cc(-c3nc(-c4ccc5ccccc5c4)nc(-c4c5ccccc5cc5oc6ccccc6c45)n3)ccc2c1. The Balaban J connectivity index is 0.000000105. The Kier molecular flexibility index (Phi) is 18.1. The van der Waals surface area contributed by atoms with Crippen LogP contribution < -0.4 is 0 Å². The van der Waals surface area contributed by atoms with Gasteiger partial charge in [-0.05, 0) is 131 Å². The Morgan fingerprint density at radius 3 is 1.09 bits per heavy atom. The molecule has 0 radical (unpaired) electrons. The lowest BCUT2D eigenvalue weighted by Gasteiger charge is -2.14. The monoisotopic (exact) mass is 1680 g/mol. The summed E-state index contributed by atoms with van der Waals surface area (Å²) in [6.45, 7) is 0. The third-order valence-electron chi connectivity index (χ3n) is 24.7. The molecule has 0 bridgehead atoms. The van der Waals surface area contributed by atoms with E-state index in [2.05, 4.69) is 279 Å². The molecular weight excluding hydrogens is 1610 g/mol. The van der Waals surface area contributed by atoms with E-state index in [1.807, 2.05) is 151 Å². The lowest BCUT2D eigenvalue weighted by Crippen LogP contribution is -2.01. The van der Waals surface area contributed by atoms with E-state index in [9.17, 15) is 0 Å². The van der Waals surface area contributed by atoms with E-state index in [-0.39, 0.29) is 0 Å². The highest BCUT2D eigenvalue weighted by atomic mass is 32.1. The number of furan rings is 3. The van der Waals surface area contributed by atoms with E-state index in [1.165, 1.54) is 36.3 Å². The van der Waals surface area contributed by atoms with Gasteiger partial charge in [0.2, 0.25) is 0 Å². The van der Waals surface area contributed by atoms with Crippen LogP contribution in [0.15, 0.2) is 432 Å². The molecule has 0 fully saturated rings. The highest BCUT2D eigenvalue weighted by Crippen LogP contribution is 2.49. The molecule has 0 aliphatic heterocycles. The first kappa shape index (κ1) is 75.2. The summed E-state index contributed by atoms with van der Waals surface area (Å²) in [5, 5.41) is 22.3. The smallest absolute Gasteiger partial charge is 0.165 e. The van der Waals surface area contributed by atoms with E-state index in [0.717, 1.165) is 175 Å². The molecule has 12 nitrogen and oxygen atoms in total. The van der Waals surface area contributed by atoms with Gasteiger partial charge in [-0.1, -0.05) is 358 Å². The topological polar surface area (TPSA) is 155 Å². The van der Waals surface area contributed by atoms with Crippen LogP contribution in [0.25, 0.3) is 264 Å². The zero-order valence-electron chi connectivity index (χ0n) is 69.5. The van der Waals surface area contributed by atoms with Gasteiger partial charge in [0.25, 0.3) is 0 Å². The summed E-state index contributed by atoms with van der Waals surface area (Å²) in [5.41, 5.74) is 15.9. The normalized spacial score (nSPS) is 11.7. The van der Waals surface area contributed by atoms with Crippen molar-refractivity contribution in [3.63, 3.8) is 0 Å². The number of fused-ring (bicyclic) bond motifs is 18. The molecule has 0 spiro atoms. The Labute approximate surface area is 747 Å². The average Bonchev–Trinajstić information content (AvgIpc) is 1.41. The van der Waals surface area contributed by atoms with Crippen molar-refractivity contribution >= 4 is 162 Å². The summed E-state index contributed by atoms with van der Waals surface area (Å²) in [7, 11) is 0. The van der Waals surface area contributed by atoms with Gasteiger partial charge in [-0.25, -0.2) is 44.9 Å². The number of para-hydroxylation sites is 3. The zero-order chi connectivity index (χ0) is 85.7. The second kappa shape index (κ2) is 31.4. The molecule has 13 heteroatoms. The van der Waals surface area contributed by atoms with Crippen LogP contribution in [0.1, 0.15) is 0 Å². The minimum Gasteiger partial charge on any atom is -0.456 e. The largest absolute Gasteiger partial charge is 0.456 e. The molecule has 0 amide bonds. The van der Waals surface area contributed by atoms with Crippen LogP contribution in [-0.2, 0) is 0 Å². The van der Waals surface area contributed by atoms with E-state index >= 15 is 0 Å². The maximum Gasteiger partial charge on any atom is 0.165 e. The van der Waals surface area contributed by atoms with Crippen molar-refractivity contribution in [2.45, 2.75) is 0 Å². The maximum atomic E-state index is 6.61. The van der Waals surface area contributed by atoms with Crippen LogP contribution in [0, 0.1) is 0 Å². The summed E-state index contributed by atoms with van der Waals surface area (Å²) < 4.78 is 21.7. The molecule has 0 N–H and O–H groups in total. The summed E-state index contributed by atoms with van der Waals surface area (Å²) in [5.74, 6) is 5.73. The van der Waals surface area contributed by atoms with Crippen LogP contribution in [0.4, 0.5) is 0 Å². The average molecular weight is 1680 g/mol. The van der Waals surface area contributed by atoms with Gasteiger partial charge in [0.05, 0.1) is 0 Å². The lowest BCUT2D eigenvalue weighted by atomic mass is 9.90. The number of thiophene rings is 1. The van der Waals surface area contributed by atoms with Gasteiger partial charge in [-0.2, -0.15) is 0 Å². The first-order valence-electron chi connectivity index (χ1n) is 43.3. The van der Waals surface area contributed by atoms with Gasteiger partial charge < -0.3 is 13.3 Å². The predicted octanol–water partition coefficient (Wildman–Crippen LogP) is 31.3. The minimum absolute atomic E-state index is 0.620. The number of nitrogens with zero attached hydrogens (tertiary/aromatic N) is 9. The first-order chi connectivity index (χ1) is 64.4. The molecule has 27 aromatic rings. The van der Waals surface area contributed by atoms with Gasteiger partial charge in [0, 0.05) is 108 Å². The summed E-state index contributed by atoms with van der Waals surface area (Å²) >= 11 is 1.81. The molecule has 606 valence electrons. The van der Waals surface area contributed by atoms with E-state index in [1.54, 1.807) is 0 Å². The molecule has 27 rings (SSSR count). The van der Waals surface area contributed by atoms with Gasteiger partial charge in [-0.15, -0.1) is 11.3 Å². The molecule has 130 heavy (non-hydrogen) atoms. The first-order valence-corrected chi connectivity index (χ1v) is 44.1. The molecule has 0 saturated carbocycles. The maximum absolute atomic E-state index is 6.61. The zero-order valence-corrected chi connectivity index (χ0v) is 70.3. The van der Waals surface area contributed by atoms with Gasteiger partial charge in [0.15, 0.2) is 52.4 Å². The van der Waals surface area contributed by atoms with Crippen molar-refractivity contribution in [1.82, 2.24) is 44.9 Å². The van der Waals surface area contributed by atoms with Crippen LogP contribution in [0.5, 0.6) is 0 Å². The van der Waals surface area contributed by atoms with Crippen molar-refractivity contribution < 1.29 is 13.3 Å². The number of aromatic nitrogens is 9. The highest BCUT2D eigenvalue weighted by Gasteiger charge is 2.27. The van der Waals surface area contributed by atoms with Crippen molar-refractivity contribution in [1.29, 1.82) is 0 Å². The van der Waals surface area contributed by atoms with E-state index in [4.69, 9.17) is 58.1 Å². The lowest BCUT2D eigenvalue weighted by molar-refractivity contribution is 0.669. The summed E-state index contributed by atoms with van der Waals surface area (Å²) in [4.78, 5) is 46.0. The fraction of sp³-hybridized carbons (Fsp3) is 0. The molecular formula is C117H69N9O3S. The van der Waals surface area contributed by atoms with Gasteiger partial charge >= 0.3 is 0 Å². The van der Waals surface area contributed by atoms with Crippen LogP contribution in [0.2, 0.25) is 0 Å². The third kappa shape index (κ3) is 13.2. The fourth-order valence-electron chi connectivity index (χ4n) is 18.7. The minimum atomic E-state index is 0.620. The molecule has 0 aliphatic rings. The molecule has 7 aromatic heterocycles. The van der Waals surface area contributed by atoms with Gasteiger partial charge in [-0.3, -0.25) is 0 Å². The number of hydrogen-bond acceptors (Lipinski definition) is 13. The second-order valence-electron chi connectivity index (χ2n) is 32.5. The predicted molar refractivity (Wildman–Crippen MR) is 534 cm³/mol. The molecule has 0 unspecified atom stereocenters. The van der Waals surface area contributed by atoms with Crippen molar-refractivity contribution in [3.8, 4) is 114 Å². The van der Waals surface area contributed by atoms with Crippen LogP contribution in [0.3, 0.4) is 0 Å².